The summed E-state index contributed by atoms with van der Waals surface area (Å²) < 4.78 is 10.4. The molecule has 5 heteroatoms. The summed E-state index contributed by atoms with van der Waals surface area (Å²) >= 11 is 0. The van der Waals surface area contributed by atoms with Gasteiger partial charge in [0.1, 0.15) is 0 Å². The first-order chi connectivity index (χ1) is 11.2. The number of rotatable bonds is 6. The summed E-state index contributed by atoms with van der Waals surface area (Å²) in [6.45, 7) is 2.43. The van der Waals surface area contributed by atoms with Crippen LogP contribution >= 0.6 is 0 Å². The topological polar surface area (TPSA) is 64.6 Å². The number of benzene rings is 1. The zero-order valence-corrected chi connectivity index (χ0v) is 13.6. The van der Waals surface area contributed by atoms with Crippen LogP contribution in [0.1, 0.15) is 55.8 Å². The third-order valence-electron chi connectivity index (χ3n) is 4.08. The van der Waals surface area contributed by atoms with E-state index < -0.39 is 18.4 Å². The van der Waals surface area contributed by atoms with Gasteiger partial charge in [-0.25, -0.2) is 9.59 Å². The van der Waals surface area contributed by atoms with E-state index >= 15 is 0 Å². The first-order valence-electron chi connectivity index (χ1n) is 8.39. The third-order valence-corrected chi connectivity index (χ3v) is 4.08. The number of carbonyl (C=O) groups is 2. The lowest BCUT2D eigenvalue weighted by atomic mass is 9.89. The number of ether oxygens (including phenoxy) is 2. The highest BCUT2D eigenvalue weighted by molar-refractivity contribution is 5.89. The molecule has 0 radical (unpaired) electrons. The molecule has 1 aliphatic rings. The number of amides is 1. The number of alkyl carbamates (subject to hydrolysis) is 1. The molecule has 0 bridgehead atoms. The van der Waals surface area contributed by atoms with Crippen molar-refractivity contribution in [3.8, 4) is 0 Å². The molecule has 1 atom stereocenters. The van der Waals surface area contributed by atoms with E-state index in [1.807, 2.05) is 6.07 Å². The van der Waals surface area contributed by atoms with Crippen LogP contribution in [0.5, 0.6) is 0 Å². The van der Waals surface area contributed by atoms with Gasteiger partial charge < -0.3 is 14.8 Å². The van der Waals surface area contributed by atoms with Crippen LogP contribution in [-0.4, -0.2) is 24.9 Å². The second-order valence-corrected chi connectivity index (χ2v) is 5.90. The van der Waals surface area contributed by atoms with E-state index in [4.69, 9.17) is 9.47 Å². The van der Waals surface area contributed by atoms with Crippen LogP contribution in [0.3, 0.4) is 0 Å². The molecule has 0 aliphatic heterocycles. The summed E-state index contributed by atoms with van der Waals surface area (Å²) in [6.07, 6.45) is 5.07. The highest BCUT2D eigenvalue weighted by Crippen LogP contribution is 2.22. The molecule has 1 amide bonds. The monoisotopic (exact) mass is 319 g/mol. The molecule has 0 saturated heterocycles. The first kappa shape index (κ1) is 17.3. The lowest BCUT2D eigenvalue weighted by molar-refractivity contribution is -0.0728. The Bertz CT molecular complexity index is 497. The van der Waals surface area contributed by atoms with Gasteiger partial charge in [-0.05, 0) is 30.9 Å². The minimum Gasteiger partial charge on any atom is -0.421 e. The fraction of sp³-hybridized carbons (Fsp3) is 0.556. The predicted octanol–water partition coefficient (Wildman–Crippen LogP) is 3.89. The van der Waals surface area contributed by atoms with Gasteiger partial charge in [0.05, 0.1) is 5.56 Å². The molecule has 1 aromatic carbocycles. The summed E-state index contributed by atoms with van der Waals surface area (Å²) in [5.41, 5.74) is 0.442. The summed E-state index contributed by atoms with van der Waals surface area (Å²) in [6, 6.07) is 8.67. The van der Waals surface area contributed by atoms with Crippen LogP contribution in [0.25, 0.3) is 0 Å². The number of carbonyl (C=O) groups excluding carboxylic acids is 2. The van der Waals surface area contributed by atoms with Gasteiger partial charge in [-0.15, -0.1) is 0 Å². The van der Waals surface area contributed by atoms with Gasteiger partial charge in [-0.2, -0.15) is 0 Å². The minimum absolute atomic E-state index is 0.412. The molecule has 0 spiro atoms. The molecule has 1 unspecified atom stereocenters. The van der Waals surface area contributed by atoms with Crippen molar-refractivity contribution in [3.63, 3.8) is 0 Å². The molecule has 1 fully saturated rings. The SMILES string of the molecule is CCC(OC(=O)NCC1CCCCC1)OC(=O)c1ccccc1. The Kier molecular flexibility index (Phi) is 6.91. The lowest BCUT2D eigenvalue weighted by Crippen LogP contribution is -2.34. The van der Waals surface area contributed by atoms with Crippen molar-refractivity contribution >= 4 is 12.1 Å². The third kappa shape index (κ3) is 5.93. The smallest absolute Gasteiger partial charge is 0.410 e. The van der Waals surface area contributed by atoms with Crippen molar-refractivity contribution < 1.29 is 19.1 Å². The van der Waals surface area contributed by atoms with Crippen molar-refractivity contribution in [1.29, 1.82) is 0 Å². The molecule has 23 heavy (non-hydrogen) atoms. The maximum Gasteiger partial charge on any atom is 0.410 e. The van der Waals surface area contributed by atoms with Crippen molar-refractivity contribution in [2.24, 2.45) is 5.92 Å². The standard InChI is InChI=1S/C18H25NO4/c1-2-16(22-17(20)15-11-7-4-8-12-15)23-18(21)19-13-14-9-5-3-6-10-14/h4,7-8,11-12,14,16H,2-3,5-6,9-10,13H2,1H3,(H,19,21). The van der Waals surface area contributed by atoms with Crippen molar-refractivity contribution in [2.45, 2.75) is 51.7 Å². The fourth-order valence-electron chi connectivity index (χ4n) is 2.73. The second kappa shape index (κ2) is 9.18. The second-order valence-electron chi connectivity index (χ2n) is 5.90. The summed E-state index contributed by atoms with van der Waals surface area (Å²) in [7, 11) is 0. The van der Waals surface area contributed by atoms with Gasteiger partial charge in [0, 0.05) is 13.0 Å². The molecule has 0 aromatic heterocycles. The highest BCUT2D eigenvalue weighted by Gasteiger charge is 2.19. The number of hydrogen-bond donors (Lipinski definition) is 1. The van der Waals surface area contributed by atoms with Gasteiger partial charge in [0.25, 0.3) is 0 Å². The van der Waals surface area contributed by atoms with E-state index in [9.17, 15) is 9.59 Å². The molecule has 126 valence electrons. The van der Waals surface area contributed by atoms with Gasteiger partial charge in [-0.1, -0.05) is 44.4 Å². The van der Waals surface area contributed by atoms with E-state index in [1.54, 1.807) is 31.2 Å². The highest BCUT2D eigenvalue weighted by atomic mass is 16.7. The normalized spacial score (nSPS) is 16.4. The minimum atomic E-state index is -0.867. The summed E-state index contributed by atoms with van der Waals surface area (Å²) in [5, 5.41) is 2.78. The van der Waals surface area contributed by atoms with E-state index in [0.717, 1.165) is 12.8 Å². The average molecular weight is 319 g/mol. The maximum atomic E-state index is 12.0. The van der Waals surface area contributed by atoms with Gasteiger partial charge in [0.15, 0.2) is 0 Å². The van der Waals surface area contributed by atoms with Crippen molar-refractivity contribution in [2.75, 3.05) is 6.54 Å². The van der Waals surface area contributed by atoms with Gasteiger partial charge in [-0.3, -0.25) is 0 Å². The Balaban J connectivity index is 1.74. The number of hydrogen-bond acceptors (Lipinski definition) is 4. The van der Waals surface area contributed by atoms with E-state index in [-0.39, 0.29) is 0 Å². The Morgan fingerprint density at radius 1 is 1.13 bits per heavy atom. The first-order valence-corrected chi connectivity index (χ1v) is 8.39. The molecule has 0 heterocycles. The molecule has 2 rings (SSSR count). The number of esters is 1. The zero-order chi connectivity index (χ0) is 16.5. The Labute approximate surface area is 137 Å². The lowest BCUT2D eigenvalue weighted by Gasteiger charge is -2.22. The van der Waals surface area contributed by atoms with Crippen LogP contribution in [0.4, 0.5) is 4.79 Å². The zero-order valence-electron chi connectivity index (χ0n) is 13.6. The molecule has 1 aromatic rings. The number of nitrogens with one attached hydrogen (secondary N) is 1. The van der Waals surface area contributed by atoms with Crippen LogP contribution in [0.15, 0.2) is 30.3 Å². The van der Waals surface area contributed by atoms with Gasteiger partial charge in [0.2, 0.25) is 6.29 Å². The van der Waals surface area contributed by atoms with E-state index in [1.165, 1.54) is 19.3 Å². The summed E-state index contributed by atoms with van der Waals surface area (Å²) in [4.78, 5) is 23.8. The van der Waals surface area contributed by atoms with Crippen LogP contribution in [-0.2, 0) is 9.47 Å². The van der Waals surface area contributed by atoms with Crippen molar-refractivity contribution in [3.05, 3.63) is 35.9 Å². The molecule has 1 N–H and O–H groups in total. The predicted molar refractivity (Wildman–Crippen MR) is 87.0 cm³/mol. The molecule has 1 aliphatic carbocycles. The largest absolute Gasteiger partial charge is 0.421 e. The van der Waals surface area contributed by atoms with E-state index in [2.05, 4.69) is 5.32 Å². The molecular formula is C18H25NO4. The molecule has 5 nitrogen and oxygen atoms in total. The quantitative estimate of drug-likeness (QED) is 0.638. The fourth-order valence-corrected chi connectivity index (χ4v) is 2.73. The summed E-state index contributed by atoms with van der Waals surface area (Å²) in [5.74, 6) is 0.0424. The Morgan fingerprint density at radius 3 is 2.48 bits per heavy atom. The van der Waals surface area contributed by atoms with Crippen molar-refractivity contribution in [1.82, 2.24) is 5.32 Å². The van der Waals surface area contributed by atoms with Crippen LogP contribution < -0.4 is 5.32 Å². The van der Waals surface area contributed by atoms with Gasteiger partial charge >= 0.3 is 12.1 Å². The van der Waals surface area contributed by atoms with Crippen LogP contribution in [0, 0.1) is 5.92 Å². The average Bonchev–Trinajstić information content (AvgIpc) is 2.61. The Hall–Kier alpha value is -2.04. The van der Waals surface area contributed by atoms with E-state index in [0.29, 0.717) is 24.4 Å². The molecule has 1 saturated carbocycles. The van der Waals surface area contributed by atoms with Crippen LogP contribution in [0.2, 0.25) is 0 Å². The maximum absolute atomic E-state index is 12.0. The Morgan fingerprint density at radius 2 is 1.83 bits per heavy atom. The molecular weight excluding hydrogens is 294 g/mol.